The van der Waals surface area contributed by atoms with Crippen molar-refractivity contribution in [3.05, 3.63) is 0 Å². The summed E-state index contributed by atoms with van der Waals surface area (Å²) in [6, 6.07) is 0.204. The molecule has 1 aromatic heterocycles. The Bertz CT molecular complexity index is 327. The van der Waals surface area contributed by atoms with Crippen LogP contribution < -0.4 is 11.1 Å². The molecule has 1 aromatic rings. The molecule has 84 valence electrons. The maximum atomic E-state index is 11.4. The second-order valence-corrected chi connectivity index (χ2v) is 4.11. The molecule has 0 bridgehead atoms. The van der Waals surface area contributed by atoms with Crippen LogP contribution in [0.2, 0.25) is 0 Å². The quantitative estimate of drug-likeness (QED) is 0.635. The van der Waals surface area contributed by atoms with Gasteiger partial charge in [0.05, 0.1) is 5.75 Å². The second-order valence-electron chi connectivity index (χ2n) is 3.17. The number of nitrogen functional groups attached to an aromatic ring is 1. The summed E-state index contributed by atoms with van der Waals surface area (Å²) in [5.74, 6) is 0.555. The summed E-state index contributed by atoms with van der Waals surface area (Å²) in [6.45, 7) is 3.99. The van der Waals surface area contributed by atoms with Crippen LogP contribution in [0, 0.1) is 0 Å². The van der Waals surface area contributed by atoms with Crippen molar-refractivity contribution < 1.29 is 4.79 Å². The minimum atomic E-state index is -0.0160. The number of nitrogens with zero attached hydrogens (tertiary/aromatic N) is 2. The van der Waals surface area contributed by atoms with Crippen LogP contribution in [0.1, 0.15) is 20.3 Å². The monoisotopic (exact) mass is 229 g/mol. The molecule has 0 saturated carbocycles. The molecule has 0 fully saturated rings. The molecular formula is C8H15N5OS. The number of thioether (sulfide) groups is 1. The molecule has 1 atom stereocenters. The molecule has 0 saturated heterocycles. The van der Waals surface area contributed by atoms with Gasteiger partial charge in [0.15, 0.2) is 0 Å². The van der Waals surface area contributed by atoms with Crippen LogP contribution in [0.4, 0.5) is 5.95 Å². The molecule has 0 aliphatic carbocycles. The zero-order chi connectivity index (χ0) is 11.3. The molecule has 1 unspecified atom stereocenters. The van der Waals surface area contributed by atoms with Gasteiger partial charge in [0, 0.05) is 6.04 Å². The first-order valence-electron chi connectivity index (χ1n) is 4.71. The van der Waals surface area contributed by atoms with E-state index in [0.717, 1.165) is 6.42 Å². The van der Waals surface area contributed by atoms with Crippen molar-refractivity contribution in [1.29, 1.82) is 0 Å². The highest BCUT2D eigenvalue weighted by Crippen LogP contribution is 2.11. The number of hydrogen-bond acceptors (Lipinski definition) is 5. The van der Waals surface area contributed by atoms with Gasteiger partial charge in [-0.1, -0.05) is 18.7 Å². The first-order chi connectivity index (χ1) is 7.11. The third-order valence-electron chi connectivity index (χ3n) is 1.83. The maximum Gasteiger partial charge on any atom is 0.230 e. The number of anilines is 1. The Morgan fingerprint density at radius 3 is 3.00 bits per heavy atom. The standard InChI is InChI=1S/C8H15N5OS/c1-3-5(2)10-6(14)4-15-8-11-7(9)12-13-8/h5H,3-4H2,1-2H3,(H,10,14)(H3,9,11,12,13). The van der Waals surface area contributed by atoms with Crippen molar-refractivity contribution >= 4 is 23.6 Å². The average Bonchev–Trinajstić information content (AvgIpc) is 2.61. The summed E-state index contributed by atoms with van der Waals surface area (Å²) in [5, 5.41) is 9.66. The fourth-order valence-corrected chi connectivity index (χ4v) is 1.49. The SMILES string of the molecule is CCC(C)NC(=O)CSc1n[nH]c(N)n1. The number of rotatable bonds is 5. The Kier molecular flexibility index (Phi) is 4.41. The van der Waals surface area contributed by atoms with Gasteiger partial charge in [-0.25, -0.2) is 5.10 Å². The third kappa shape index (κ3) is 4.20. The summed E-state index contributed by atoms with van der Waals surface area (Å²) in [4.78, 5) is 15.2. The van der Waals surface area contributed by atoms with Gasteiger partial charge in [0.1, 0.15) is 0 Å². The van der Waals surface area contributed by atoms with Crippen molar-refractivity contribution in [2.45, 2.75) is 31.5 Å². The number of nitrogens with one attached hydrogen (secondary N) is 2. The fraction of sp³-hybridized carbons (Fsp3) is 0.625. The lowest BCUT2D eigenvalue weighted by Crippen LogP contribution is -2.33. The van der Waals surface area contributed by atoms with Gasteiger partial charge in [-0.2, -0.15) is 4.98 Å². The van der Waals surface area contributed by atoms with Gasteiger partial charge in [0.25, 0.3) is 0 Å². The van der Waals surface area contributed by atoms with Gasteiger partial charge < -0.3 is 11.1 Å². The Morgan fingerprint density at radius 1 is 1.73 bits per heavy atom. The average molecular weight is 229 g/mol. The zero-order valence-corrected chi connectivity index (χ0v) is 9.60. The topological polar surface area (TPSA) is 96.7 Å². The highest BCUT2D eigenvalue weighted by atomic mass is 32.2. The normalized spacial score (nSPS) is 12.4. The summed E-state index contributed by atoms with van der Waals surface area (Å²) in [7, 11) is 0. The van der Waals surface area contributed by atoms with Gasteiger partial charge in [-0.05, 0) is 13.3 Å². The lowest BCUT2D eigenvalue weighted by Gasteiger charge is -2.09. The van der Waals surface area contributed by atoms with Crippen molar-refractivity contribution in [3.8, 4) is 0 Å². The molecule has 1 rings (SSSR count). The Balaban J connectivity index is 2.28. The molecule has 15 heavy (non-hydrogen) atoms. The van der Waals surface area contributed by atoms with E-state index in [1.165, 1.54) is 11.8 Å². The van der Waals surface area contributed by atoms with Gasteiger partial charge >= 0.3 is 0 Å². The maximum absolute atomic E-state index is 11.4. The molecule has 6 nitrogen and oxygen atoms in total. The largest absolute Gasteiger partial charge is 0.368 e. The molecule has 0 radical (unpaired) electrons. The van der Waals surface area contributed by atoms with E-state index < -0.39 is 0 Å². The van der Waals surface area contributed by atoms with Crippen molar-refractivity contribution in [2.75, 3.05) is 11.5 Å². The zero-order valence-electron chi connectivity index (χ0n) is 8.78. The number of amides is 1. The van der Waals surface area contributed by atoms with Gasteiger partial charge in [-0.3, -0.25) is 4.79 Å². The number of hydrogen-bond donors (Lipinski definition) is 3. The van der Waals surface area contributed by atoms with E-state index >= 15 is 0 Å². The highest BCUT2D eigenvalue weighted by molar-refractivity contribution is 7.99. The van der Waals surface area contributed by atoms with Crippen LogP contribution in [0.25, 0.3) is 0 Å². The van der Waals surface area contributed by atoms with E-state index in [1.807, 2.05) is 13.8 Å². The lowest BCUT2D eigenvalue weighted by molar-refractivity contribution is -0.119. The number of aromatic nitrogens is 3. The van der Waals surface area contributed by atoms with E-state index in [1.54, 1.807) is 0 Å². The van der Waals surface area contributed by atoms with Crippen LogP contribution in [0.5, 0.6) is 0 Å². The smallest absolute Gasteiger partial charge is 0.230 e. The predicted molar refractivity (Wildman–Crippen MR) is 59.4 cm³/mol. The summed E-state index contributed by atoms with van der Waals surface area (Å²) < 4.78 is 0. The van der Waals surface area contributed by atoms with Crippen LogP contribution in [0.3, 0.4) is 0 Å². The summed E-state index contributed by atoms with van der Waals surface area (Å²) in [6.07, 6.45) is 0.921. The molecule has 1 heterocycles. The lowest BCUT2D eigenvalue weighted by atomic mass is 10.3. The minimum Gasteiger partial charge on any atom is -0.368 e. The first kappa shape index (κ1) is 11.8. The van der Waals surface area contributed by atoms with Crippen molar-refractivity contribution in [2.24, 2.45) is 0 Å². The van der Waals surface area contributed by atoms with Crippen molar-refractivity contribution in [3.63, 3.8) is 0 Å². The number of aromatic amines is 1. The summed E-state index contributed by atoms with van der Waals surface area (Å²) >= 11 is 1.26. The Labute approximate surface area is 92.4 Å². The van der Waals surface area contributed by atoms with Crippen LogP contribution in [-0.4, -0.2) is 32.9 Å². The number of H-pyrrole nitrogens is 1. The van der Waals surface area contributed by atoms with Crippen molar-refractivity contribution in [1.82, 2.24) is 20.5 Å². The predicted octanol–water partition coefficient (Wildman–Crippen LogP) is 0.394. The van der Waals surface area contributed by atoms with E-state index in [2.05, 4.69) is 20.5 Å². The van der Waals surface area contributed by atoms with E-state index in [-0.39, 0.29) is 17.9 Å². The van der Waals surface area contributed by atoms with Crippen LogP contribution in [0.15, 0.2) is 5.16 Å². The molecule has 0 aliphatic rings. The first-order valence-corrected chi connectivity index (χ1v) is 5.70. The third-order valence-corrected chi connectivity index (χ3v) is 2.68. The molecule has 4 N–H and O–H groups in total. The molecular weight excluding hydrogens is 214 g/mol. The Hall–Kier alpha value is -1.24. The molecule has 1 amide bonds. The van der Waals surface area contributed by atoms with E-state index in [9.17, 15) is 4.79 Å². The summed E-state index contributed by atoms with van der Waals surface area (Å²) in [5.41, 5.74) is 5.34. The van der Waals surface area contributed by atoms with Gasteiger partial charge in [-0.15, -0.1) is 5.10 Å². The fourth-order valence-electron chi connectivity index (χ4n) is 0.871. The molecule has 0 aromatic carbocycles. The van der Waals surface area contributed by atoms with E-state index in [4.69, 9.17) is 5.73 Å². The number of nitrogens with two attached hydrogens (primary N) is 1. The minimum absolute atomic E-state index is 0.0160. The number of carbonyl (C=O) groups excluding carboxylic acids is 1. The van der Waals surface area contributed by atoms with Crippen LogP contribution >= 0.6 is 11.8 Å². The number of carbonyl (C=O) groups is 1. The molecule has 7 heteroatoms. The van der Waals surface area contributed by atoms with Crippen LogP contribution in [-0.2, 0) is 4.79 Å². The van der Waals surface area contributed by atoms with Gasteiger partial charge in [0.2, 0.25) is 17.0 Å². The Morgan fingerprint density at radius 2 is 2.47 bits per heavy atom. The van der Waals surface area contributed by atoms with E-state index in [0.29, 0.717) is 10.9 Å². The second kappa shape index (κ2) is 5.59. The molecule has 0 spiro atoms. The molecule has 0 aliphatic heterocycles. The highest BCUT2D eigenvalue weighted by Gasteiger charge is 2.08.